The number of rotatable bonds is 4. The number of amides is 1. The predicted molar refractivity (Wildman–Crippen MR) is 69.7 cm³/mol. The van der Waals surface area contributed by atoms with E-state index in [0.29, 0.717) is 12.8 Å². The first-order chi connectivity index (χ1) is 9.39. The molecule has 1 aromatic carbocycles. The summed E-state index contributed by atoms with van der Waals surface area (Å²) in [5.41, 5.74) is -0.179. The number of sulfonamides is 1. The van der Waals surface area contributed by atoms with E-state index in [2.05, 4.69) is 5.92 Å². The van der Waals surface area contributed by atoms with Crippen molar-refractivity contribution in [2.75, 3.05) is 6.54 Å². The highest BCUT2D eigenvalue weighted by atomic mass is 32.2. The van der Waals surface area contributed by atoms with Crippen molar-refractivity contribution < 1.29 is 23.1 Å². The number of nitrogens with zero attached hydrogens (tertiary/aromatic N) is 1. The molecule has 20 heavy (non-hydrogen) atoms. The minimum atomic E-state index is -3.98. The average Bonchev–Trinajstić information content (AvgIpc) is 2.59. The maximum absolute atomic E-state index is 12.2. The molecule has 104 valence electrons. The molecule has 0 atom stereocenters. The van der Waals surface area contributed by atoms with Crippen LogP contribution in [0.15, 0.2) is 23.1 Å². The van der Waals surface area contributed by atoms with Gasteiger partial charge in [0.1, 0.15) is 4.90 Å². The maximum atomic E-state index is 12.2. The Morgan fingerprint density at radius 2 is 2.10 bits per heavy atom. The standard InChI is InChI=1S/C13H11NO5S/c1-2-3-4-7-14-12(15)10-6-5-9(13(16)17)8-11(10)20(14,18)19/h1,5-6,8H,3-4,7H2,(H,16,17). The van der Waals surface area contributed by atoms with Crippen LogP contribution in [0.25, 0.3) is 0 Å². The van der Waals surface area contributed by atoms with Gasteiger partial charge >= 0.3 is 5.97 Å². The van der Waals surface area contributed by atoms with E-state index in [1.807, 2.05) is 0 Å². The number of hydrogen-bond acceptors (Lipinski definition) is 4. The molecule has 0 aromatic heterocycles. The van der Waals surface area contributed by atoms with E-state index < -0.39 is 21.9 Å². The number of carboxylic acids is 1. The fraction of sp³-hybridized carbons (Fsp3) is 0.231. The Bertz CT molecular complexity index is 730. The molecule has 2 rings (SSSR count). The quantitative estimate of drug-likeness (QED) is 0.659. The molecule has 1 aliphatic rings. The summed E-state index contributed by atoms with van der Waals surface area (Å²) in [6, 6.07) is 3.44. The zero-order chi connectivity index (χ0) is 14.9. The van der Waals surface area contributed by atoms with E-state index in [9.17, 15) is 18.0 Å². The van der Waals surface area contributed by atoms with E-state index in [0.717, 1.165) is 10.4 Å². The normalized spacial score (nSPS) is 15.8. The highest BCUT2D eigenvalue weighted by Crippen LogP contribution is 2.31. The van der Waals surface area contributed by atoms with Gasteiger partial charge in [-0.05, 0) is 24.6 Å². The SMILES string of the molecule is C#CCCCN1C(=O)c2ccc(C(=O)O)cc2S1(=O)=O. The summed E-state index contributed by atoms with van der Waals surface area (Å²) in [5.74, 6) is 0.475. The van der Waals surface area contributed by atoms with Gasteiger partial charge in [-0.3, -0.25) is 4.79 Å². The van der Waals surface area contributed by atoms with Crippen molar-refractivity contribution in [1.82, 2.24) is 4.31 Å². The van der Waals surface area contributed by atoms with Crippen LogP contribution in [0, 0.1) is 12.3 Å². The van der Waals surface area contributed by atoms with E-state index in [1.54, 1.807) is 0 Å². The van der Waals surface area contributed by atoms with E-state index in [1.165, 1.54) is 12.1 Å². The topological polar surface area (TPSA) is 91.8 Å². The Kier molecular flexibility index (Phi) is 3.51. The Labute approximate surface area is 116 Å². The van der Waals surface area contributed by atoms with Gasteiger partial charge in [-0.25, -0.2) is 17.5 Å². The minimum absolute atomic E-state index is 0.00397. The van der Waals surface area contributed by atoms with Crippen molar-refractivity contribution >= 4 is 21.9 Å². The van der Waals surface area contributed by atoms with Gasteiger partial charge in [-0.2, -0.15) is 0 Å². The van der Waals surface area contributed by atoms with Crippen LogP contribution in [0.1, 0.15) is 33.6 Å². The van der Waals surface area contributed by atoms with Crippen molar-refractivity contribution in [2.24, 2.45) is 0 Å². The molecule has 0 spiro atoms. The molecule has 1 aliphatic heterocycles. The van der Waals surface area contributed by atoms with Gasteiger partial charge in [0.05, 0.1) is 11.1 Å². The highest BCUT2D eigenvalue weighted by Gasteiger charge is 2.41. The molecule has 0 radical (unpaired) electrons. The van der Waals surface area contributed by atoms with Gasteiger partial charge in [-0.15, -0.1) is 12.3 Å². The van der Waals surface area contributed by atoms with E-state index in [4.69, 9.17) is 11.5 Å². The fourth-order valence-corrected chi connectivity index (χ4v) is 3.59. The number of fused-ring (bicyclic) bond motifs is 1. The lowest BCUT2D eigenvalue weighted by Gasteiger charge is -2.13. The molecule has 0 saturated heterocycles. The van der Waals surface area contributed by atoms with Gasteiger partial charge in [0.25, 0.3) is 15.9 Å². The summed E-state index contributed by atoms with van der Waals surface area (Å²) in [6.45, 7) is -0.0115. The van der Waals surface area contributed by atoms with Crippen molar-refractivity contribution in [3.63, 3.8) is 0 Å². The molecule has 0 aliphatic carbocycles. The molecular weight excluding hydrogens is 282 g/mol. The molecule has 0 bridgehead atoms. The molecule has 1 N–H and O–H groups in total. The van der Waals surface area contributed by atoms with Gasteiger partial charge < -0.3 is 5.11 Å². The van der Waals surface area contributed by atoms with Crippen LogP contribution in [0.4, 0.5) is 0 Å². The second kappa shape index (κ2) is 4.98. The Balaban J connectivity index is 2.43. The smallest absolute Gasteiger partial charge is 0.335 e. The lowest BCUT2D eigenvalue weighted by molar-refractivity contribution is 0.0695. The summed E-state index contributed by atoms with van der Waals surface area (Å²) >= 11 is 0. The summed E-state index contributed by atoms with van der Waals surface area (Å²) in [6.07, 6.45) is 5.80. The van der Waals surface area contributed by atoms with Crippen LogP contribution in [0.5, 0.6) is 0 Å². The summed E-state index contributed by atoms with van der Waals surface area (Å²) in [7, 11) is -3.98. The van der Waals surface area contributed by atoms with Crippen molar-refractivity contribution in [3.8, 4) is 12.3 Å². The first-order valence-corrected chi connectivity index (χ1v) is 7.21. The van der Waals surface area contributed by atoms with Gasteiger partial charge in [0, 0.05) is 13.0 Å². The second-order valence-electron chi connectivity index (χ2n) is 4.21. The lowest BCUT2D eigenvalue weighted by Crippen LogP contribution is -2.30. The molecule has 7 heteroatoms. The third-order valence-electron chi connectivity index (χ3n) is 2.94. The van der Waals surface area contributed by atoms with Crippen LogP contribution in [-0.4, -0.2) is 36.3 Å². The predicted octanol–water partition coefficient (Wildman–Crippen LogP) is 0.943. The number of carbonyl (C=O) groups excluding carboxylic acids is 1. The average molecular weight is 293 g/mol. The van der Waals surface area contributed by atoms with Crippen LogP contribution in [0.2, 0.25) is 0 Å². The number of hydrogen-bond donors (Lipinski definition) is 1. The molecule has 1 heterocycles. The number of aromatic carboxylic acids is 1. The van der Waals surface area contributed by atoms with E-state index in [-0.39, 0.29) is 22.6 Å². The van der Waals surface area contributed by atoms with E-state index >= 15 is 0 Å². The molecule has 6 nitrogen and oxygen atoms in total. The highest BCUT2D eigenvalue weighted by molar-refractivity contribution is 7.90. The number of carbonyl (C=O) groups is 2. The number of carboxylic acid groups (broad SMARTS) is 1. The third-order valence-corrected chi connectivity index (χ3v) is 4.76. The Hall–Kier alpha value is -2.33. The van der Waals surface area contributed by atoms with Gasteiger partial charge in [0.2, 0.25) is 0 Å². The molecular formula is C13H11NO5S. The van der Waals surface area contributed by atoms with Crippen LogP contribution >= 0.6 is 0 Å². The molecule has 0 saturated carbocycles. The fourth-order valence-electron chi connectivity index (χ4n) is 1.95. The number of benzene rings is 1. The summed E-state index contributed by atoms with van der Waals surface area (Å²) < 4.78 is 25.2. The molecule has 0 fully saturated rings. The van der Waals surface area contributed by atoms with Crippen molar-refractivity contribution in [1.29, 1.82) is 0 Å². The third kappa shape index (κ3) is 2.14. The van der Waals surface area contributed by atoms with Crippen molar-refractivity contribution in [2.45, 2.75) is 17.7 Å². The Morgan fingerprint density at radius 1 is 1.40 bits per heavy atom. The van der Waals surface area contributed by atoms with Gasteiger partial charge in [0.15, 0.2) is 0 Å². The van der Waals surface area contributed by atoms with Crippen molar-refractivity contribution in [3.05, 3.63) is 29.3 Å². The first-order valence-electron chi connectivity index (χ1n) is 5.77. The molecule has 0 unspecified atom stereocenters. The van der Waals surface area contributed by atoms with Crippen LogP contribution in [-0.2, 0) is 10.0 Å². The monoisotopic (exact) mass is 293 g/mol. The summed E-state index contributed by atoms with van der Waals surface area (Å²) in [4.78, 5) is 22.6. The minimum Gasteiger partial charge on any atom is -0.478 e. The Morgan fingerprint density at radius 3 is 2.70 bits per heavy atom. The zero-order valence-corrected chi connectivity index (χ0v) is 11.2. The number of terminal acetylenes is 1. The van der Waals surface area contributed by atoms with Gasteiger partial charge in [-0.1, -0.05) is 0 Å². The molecule has 1 aromatic rings. The summed E-state index contributed by atoms with van der Waals surface area (Å²) in [5, 5.41) is 8.88. The van der Waals surface area contributed by atoms with Crippen LogP contribution < -0.4 is 0 Å². The van der Waals surface area contributed by atoms with Crippen LogP contribution in [0.3, 0.4) is 0 Å². The zero-order valence-electron chi connectivity index (χ0n) is 10.4. The first kappa shape index (κ1) is 14.1. The second-order valence-corrected chi connectivity index (χ2v) is 6.04. The maximum Gasteiger partial charge on any atom is 0.335 e. The molecule has 1 amide bonds. The lowest BCUT2D eigenvalue weighted by atomic mass is 10.1. The largest absolute Gasteiger partial charge is 0.478 e. The number of unbranched alkanes of at least 4 members (excludes halogenated alkanes) is 1.